The van der Waals surface area contributed by atoms with E-state index in [2.05, 4.69) is 20.5 Å². The molecule has 1 aliphatic rings. The predicted octanol–water partition coefficient (Wildman–Crippen LogP) is 0.177. The van der Waals surface area contributed by atoms with Crippen LogP contribution in [0.2, 0.25) is 0 Å². The molecule has 9 heteroatoms. The molecule has 2 aromatic heterocycles. The number of carboxylic acids is 1. The molecule has 0 radical (unpaired) electrons. The van der Waals surface area contributed by atoms with Crippen molar-refractivity contribution in [2.75, 3.05) is 13.1 Å². The molecule has 0 aliphatic carbocycles. The van der Waals surface area contributed by atoms with Gasteiger partial charge in [0.05, 0.1) is 30.1 Å². The molecule has 1 amide bonds. The summed E-state index contributed by atoms with van der Waals surface area (Å²) in [5, 5.41) is 23.6. The van der Waals surface area contributed by atoms with Gasteiger partial charge in [-0.1, -0.05) is 0 Å². The summed E-state index contributed by atoms with van der Waals surface area (Å²) in [4.78, 5) is 25.5. The highest BCUT2D eigenvalue weighted by atomic mass is 16.4. The molecule has 0 saturated carbocycles. The molecule has 2 aromatic rings. The van der Waals surface area contributed by atoms with Gasteiger partial charge in [0.2, 0.25) is 0 Å². The van der Waals surface area contributed by atoms with Crippen molar-refractivity contribution in [3.8, 4) is 0 Å². The van der Waals surface area contributed by atoms with E-state index >= 15 is 0 Å². The highest BCUT2D eigenvalue weighted by Crippen LogP contribution is 2.34. The molecule has 3 rings (SSSR count). The monoisotopic (exact) mass is 318 g/mol. The number of amides is 1. The molecule has 0 spiro atoms. The Hall–Kier alpha value is -2.71. The van der Waals surface area contributed by atoms with Crippen molar-refractivity contribution in [1.82, 2.24) is 30.1 Å². The van der Waals surface area contributed by atoms with E-state index in [1.165, 1.54) is 0 Å². The minimum atomic E-state index is -0.879. The molecule has 9 nitrogen and oxygen atoms in total. The zero-order valence-electron chi connectivity index (χ0n) is 12.9. The van der Waals surface area contributed by atoms with Gasteiger partial charge in [0.15, 0.2) is 0 Å². The summed E-state index contributed by atoms with van der Waals surface area (Å²) < 4.78 is 1.65. The Morgan fingerprint density at radius 1 is 1.39 bits per heavy atom. The van der Waals surface area contributed by atoms with Gasteiger partial charge in [-0.25, -0.2) is 0 Å². The Balaban J connectivity index is 1.83. The van der Waals surface area contributed by atoms with Gasteiger partial charge in [-0.15, -0.1) is 0 Å². The van der Waals surface area contributed by atoms with E-state index in [1.807, 2.05) is 6.92 Å². The first-order valence-corrected chi connectivity index (χ1v) is 7.32. The largest absolute Gasteiger partial charge is 0.481 e. The number of rotatable bonds is 4. The molecule has 0 aromatic carbocycles. The van der Waals surface area contributed by atoms with Crippen LogP contribution in [-0.2, 0) is 11.8 Å². The van der Waals surface area contributed by atoms with E-state index < -0.39 is 5.97 Å². The summed E-state index contributed by atoms with van der Waals surface area (Å²) in [7, 11) is 1.78. The van der Waals surface area contributed by atoms with Gasteiger partial charge in [0.1, 0.15) is 0 Å². The van der Waals surface area contributed by atoms with E-state index in [9.17, 15) is 9.59 Å². The van der Waals surface area contributed by atoms with Crippen LogP contribution in [0.1, 0.15) is 34.1 Å². The quantitative estimate of drug-likeness (QED) is 0.830. The van der Waals surface area contributed by atoms with Crippen molar-refractivity contribution in [3.05, 3.63) is 29.3 Å². The van der Waals surface area contributed by atoms with E-state index in [-0.39, 0.29) is 24.2 Å². The maximum absolute atomic E-state index is 12.7. The molecule has 1 aliphatic heterocycles. The molecule has 2 N–H and O–H groups in total. The zero-order valence-corrected chi connectivity index (χ0v) is 12.9. The van der Waals surface area contributed by atoms with Crippen molar-refractivity contribution in [2.24, 2.45) is 13.0 Å². The fraction of sp³-hybridized carbons (Fsp3) is 0.500. The van der Waals surface area contributed by atoms with Crippen LogP contribution < -0.4 is 0 Å². The number of aryl methyl sites for hydroxylation is 1. The average Bonchev–Trinajstić information content (AvgIpc) is 3.20. The molecule has 1 fully saturated rings. The van der Waals surface area contributed by atoms with Gasteiger partial charge < -0.3 is 10.0 Å². The lowest BCUT2D eigenvalue weighted by Gasteiger charge is -2.15. The van der Waals surface area contributed by atoms with Crippen LogP contribution >= 0.6 is 0 Å². The first kappa shape index (κ1) is 15.2. The molecule has 3 heterocycles. The SMILES string of the molecule is Cc1c(C(=O)N2C[C@H](CC(=O)O)[C@H](c3cn[nH]n3)C2)cnn1C. The highest BCUT2D eigenvalue weighted by molar-refractivity contribution is 5.95. The van der Waals surface area contributed by atoms with Crippen LogP contribution in [0.3, 0.4) is 0 Å². The first-order chi connectivity index (χ1) is 11.0. The van der Waals surface area contributed by atoms with Crippen LogP contribution in [0.25, 0.3) is 0 Å². The number of likely N-dealkylation sites (tertiary alicyclic amines) is 1. The number of aliphatic carboxylic acids is 1. The number of nitrogens with one attached hydrogen (secondary N) is 1. The summed E-state index contributed by atoms with van der Waals surface area (Å²) >= 11 is 0. The molecule has 0 unspecified atom stereocenters. The Morgan fingerprint density at radius 3 is 2.74 bits per heavy atom. The van der Waals surface area contributed by atoms with Crippen molar-refractivity contribution >= 4 is 11.9 Å². The Bertz CT molecular complexity index is 723. The molecular weight excluding hydrogens is 300 g/mol. The molecular formula is C14H18N6O3. The van der Waals surface area contributed by atoms with Gasteiger partial charge in [0, 0.05) is 31.7 Å². The van der Waals surface area contributed by atoms with Gasteiger partial charge in [-0.3, -0.25) is 14.3 Å². The fourth-order valence-corrected chi connectivity index (χ4v) is 3.07. The van der Waals surface area contributed by atoms with E-state index in [4.69, 9.17) is 5.11 Å². The van der Waals surface area contributed by atoms with Crippen molar-refractivity contribution in [3.63, 3.8) is 0 Å². The van der Waals surface area contributed by atoms with Crippen LogP contribution in [0.5, 0.6) is 0 Å². The number of carbonyl (C=O) groups is 2. The van der Waals surface area contributed by atoms with Crippen LogP contribution in [0.15, 0.2) is 12.4 Å². The normalized spacial score (nSPS) is 20.9. The number of H-pyrrole nitrogens is 1. The Kier molecular flexibility index (Phi) is 3.85. The van der Waals surface area contributed by atoms with E-state index in [1.54, 1.807) is 29.0 Å². The fourth-order valence-electron chi connectivity index (χ4n) is 3.07. The lowest BCUT2D eigenvalue weighted by Crippen LogP contribution is -2.29. The number of carboxylic acid groups (broad SMARTS) is 1. The Labute approximate surface area is 132 Å². The maximum Gasteiger partial charge on any atom is 0.303 e. The predicted molar refractivity (Wildman–Crippen MR) is 78.7 cm³/mol. The van der Waals surface area contributed by atoms with Gasteiger partial charge >= 0.3 is 5.97 Å². The average molecular weight is 318 g/mol. The van der Waals surface area contributed by atoms with Gasteiger partial charge in [-0.2, -0.15) is 20.5 Å². The second-order valence-corrected chi connectivity index (χ2v) is 5.84. The lowest BCUT2D eigenvalue weighted by molar-refractivity contribution is -0.138. The summed E-state index contributed by atoms with van der Waals surface area (Å²) in [6.07, 6.45) is 3.13. The van der Waals surface area contributed by atoms with E-state index in [0.717, 1.165) is 5.69 Å². The smallest absolute Gasteiger partial charge is 0.303 e. The lowest BCUT2D eigenvalue weighted by atomic mass is 9.91. The second kappa shape index (κ2) is 5.82. The van der Waals surface area contributed by atoms with Crippen LogP contribution in [0, 0.1) is 12.8 Å². The topological polar surface area (TPSA) is 117 Å². The number of nitrogens with zero attached hydrogens (tertiary/aromatic N) is 5. The molecule has 1 saturated heterocycles. The van der Waals surface area contributed by atoms with E-state index in [0.29, 0.717) is 24.3 Å². The minimum Gasteiger partial charge on any atom is -0.481 e. The zero-order chi connectivity index (χ0) is 16.6. The number of aromatic amines is 1. The third-order valence-corrected chi connectivity index (χ3v) is 4.44. The number of hydrogen-bond donors (Lipinski definition) is 2. The van der Waals surface area contributed by atoms with Gasteiger partial charge in [-0.05, 0) is 12.8 Å². The third-order valence-electron chi connectivity index (χ3n) is 4.44. The molecule has 2 atom stereocenters. The standard InChI is InChI=1S/C14H18N6O3/c1-8-10(4-16-19(8)2)14(23)20-6-9(3-13(21)22)11(7-20)12-5-15-18-17-12/h4-5,9,11H,3,6-7H2,1-2H3,(H,21,22)(H,15,17,18)/t9-,11+/m0/s1. The summed E-state index contributed by atoms with van der Waals surface area (Å²) in [6, 6.07) is 0. The minimum absolute atomic E-state index is 0.00662. The maximum atomic E-state index is 12.7. The van der Waals surface area contributed by atoms with Crippen molar-refractivity contribution in [2.45, 2.75) is 19.3 Å². The van der Waals surface area contributed by atoms with Crippen LogP contribution in [-0.4, -0.2) is 60.2 Å². The number of hydrogen-bond acceptors (Lipinski definition) is 5. The van der Waals surface area contributed by atoms with Crippen molar-refractivity contribution in [1.29, 1.82) is 0 Å². The second-order valence-electron chi connectivity index (χ2n) is 5.84. The first-order valence-electron chi connectivity index (χ1n) is 7.32. The summed E-state index contributed by atoms with van der Waals surface area (Å²) in [6.45, 7) is 2.65. The number of aromatic nitrogens is 5. The van der Waals surface area contributed by atoms with Crippen molar-refractivity contribution < 1.29 is 14.7 Å². The van der Waals surface area contributed by atoms with Gasteiger partial charge in [0.25, 0.3) is 5.91 Å². The number of carbonyl (C=O) groups excluding carboxylic acids is 1. The highest BCUT2D eigenvalue weighted by Gasteiger charge is 2.39. The summed E-state index contributed by atoms with van der Waals surface area (Å²) in [5.41, 5.74) is 2.02. The molecule has 23 heavy (non-hydrogen) atoms. The molecule has 0 bridgehead atoms. The Morgan fingerprint density at radius 2 is 2.17 bits per heavy atom. The third kappa shape index (κ3) is 2.81. The summed E-state index contributed by atoms with van der Waals surface area (Å²) in [5.74, 6) is -1.32. The molecule has 122 valence electrons. The van der Waals surface area contributed by atoms with Crippen LogP contribution in [0.4, 0.5) is 0 Å².